The molecule has 1 aliphatic heterocycles. The van der Waals surface area contributed by atoms with Gasteiger partial charge in [-0.05, 0) is 30.3 Å². The number of benzene rings is 1. The second-order valence-electron chi connectivity index (χ2n) is 6.40. The molecule has 0 atom stereocenters. The highest BCUT2D eigenvalue weighted by molar-refractivity contribution is 6.30. The summed E-state index contributed by atoms with van der Waals surface area (Å²) in [6, 6.07) is 10.5. The lowest BCUT2D eigenvalue weighted by Gasteiger charge is -2.32. The van der Waals surface area contributed by atoms with Gasteiger partial charge in [0.2, 0.25) is 11.8 Å². The first-order valence-corrected chi connectivity index (χ1v) is 9.40. The fourth-order valence-corrected chi connectivity index (χ4v) is 3.02. The number of carbonyl (C=O) groups excluding carboxylic acids is 2. The zero-order valence-corrected chi connectivity index (χ0v) is 15.9. The van der Waals surface area contributed by atoms with Crippen LogP contribution in [0.4, 0.5) is 5.69 Å². The van der Waals surface area contributed by atoms with Crippen molar-refractivity contribution in [3.63, 3.8) is 0 Å². The number of hydrogen-bond acceptors (Lipinski definition) is 4. The van der Waals surface area contributed by atoms with E-state index in [2.05, 4.69) is 10.3 Å². The highest BCUT2D eigenvalue weighted by atomic mass is 35.5. The van der Waals surface area contributed by atoms with Gasteiger partial charge in [0, 0.05) is 49.0 Å². The predicted octanol–water partition coefficient (Wildman–Crippen LogP) is 3.77. The van der Waals surface area contributed by atoms with Gasteiger partial charge in [0.05, 0.1) is 11.9 Å². The Morgan fingerprint density at radius 3 is 2.48 bits per heavy atom. The van der Waals surface area contributed by atoms with Crippen LogP contribution in [0.15, 0.2) is 42.6 Å². The normalized spacial score (nSPS) is 14.7. The maximum absolute atomic E-state index is 12.5. The van der Waals surface area contributed by atoms with Crippen molar-refractivity contribution in [1.82, 2.24) is 9.88 Å². The van der Waals surface area contributed by atoms with Crippen LogP contribution in [0.5, 0.6) is 5.88 Å². The number of halogens is 1. The third kappa shape index (κ3) is 5.20. The maximum Gasteiger partial charge on any atom is 0.253 e. The molecule has 27 heavy (non-hydrogen) atoms. The quantitative estimate of drug-likeness (QED) is 0.847. The molecule has 1 aromatic carbocycles. The van der Waals surface area contributed by atoms with Gasteiger partial charge in [0.1, 0.15) is 6.10 Å². The number of aromatic nitrogens is 1. The molecule has 3 rings (SSSR count). The van der Waals surface area contributed by atoms with Gasteiger partial charge >= 0.3 is 0 Å². The van der Waals surface area contributed by atoms with Crippen LogP contribution in [0.25, 0.3) is 0 Å². The van der Waals surface area contributed by atoms with Gasteiger partial charge in [-0.15, -0.1) is 0 Å². The van der Waals surface area contributed by atoms with Crippen LogP contribution in [-0.2, 0) is 4.79 Å². The van der Waals surface area contributed by atoms with Crippen LogP contribution < -0.4 is 10.1 Å². The summed E-state index contributed by atoms with van der Waals surface area (Å²) in [4.78, 5) is 30.0. The van der Waals surface area contributed by atoms with Gasteiger partial charge < -0.3 is 15.0 Å². The van der Waals surface area contributed by atoms with Crippen LogP contribution in [0.2, 0.25) is 5.02 Å². The van der Waals surface area contributed by atoms with Crippen LogP contribution in [0.3, 0.4) is 0 Å². The van der Waals surface area contributed by atoms with E-state index in [0.29, 0.717) is 41.7 Å². The van der Waals surface area contributed by atoms with Crippen LogP contribution in [0.1, 0.15) is 36.5 Å². The summed E-state index contributed by atoms with van der Waals surface area (Å²) in [7, 11) is 0. The first-order chi connectivity index (χ1) is 13.0. The standard InChI is InChI=1S/C20H22ClN3O3/c1-2-18(25)23-16-7-8-19(22-13-16)27-17-9-11-24(12-10-17)20(26)14-3-5-15(21)6-4-14/h3-8,13,17H,2,9-12H2,1H3,(H,23,25). The smallest absolute Gasteiger partial charge is 0.253 e. The first-order valence-electron chi connectivity index (χ1n) is 9.02. The lowest BCUT2D eigenvalue weighted by molar-refractivity contribution is -0.115. The van der Waals surface area contributed by atoms with Crippen LogP contribution in [0, 0.1) is 0 Å². The molecule has 0 bridgehead atoms. The Labute approximate surface area is 163 Å². The van der Waals surface area contributed by atoms with Crippen molar-refractivity contribution >= 4 is 29.1 Å². The number of amides is 2. The average molecular weight is 388 g/mol. The lowest BCUT2D eigenvalue weighted by atomic mass is 10.1. The number of nitrogens with zero attached hydrogens (tertiary/aromatic N) is 2. The summed E-state index contributed by atoms with van der Waals surface area (Å²) < 4.78 is 5.91. The monoisotopic (exact) mass is 387 g/mol. The number of pyridine rings is 1. The predicted molar refractivity (Wildman–Crippen MR) is 104 cm³/mol. The zero-order valence-electron chi connectivity index (χ0n) is 15.2. The van der Waals surface area contributed by atoms with E-state index in [1.54, 1.807) is 49.5 Å². The molecular weight excluding hydrogens is 366 g/mol. The average Bonchev–Trinajstić information content (AvgIpc) is 2.70. The molecule has 2 amide bonds. The minimum absolute atomic E-state index is 0.0132. The van der Waals surface area contributed by atoms with Crippen molar-refractivity contribution < 1.29 is 14.3 Å². The van der Waals surface area contributed by atoms with E-state index in [-0.39, 0.29) is 17.9 Å². The Balaban J connectivity index is 1.50. The van der Waals surface area contributed by atoms with Crippen molar-refractivity contribution in [2.24, 2.45) is 0 Å². The molecule has 0 spiro atoms. The summed E-state index contributed by atoms with van der Waals surface area (Å²) in [6.07, 6.45) is 3.51. The molecule has 0 unspecified atom stereocenters. The zero-order chi connectivity index (χ0) is 19.2. The number of ether oxygens (including phenoxy) is 1. The van der Waals surface area contributed by atoms with E-state index < -0.39 is 0 Å². The van der Waals surface area contributed by atoms with Gasteiger partial charge in [-0.2, -0.15) is 0 Å². The molecule has 7 heteroatoms. The van der Waals surface area contributed by atoms with E-state index in [0.717, 1.165) is 12.8 Å². The van der Waals surface area contributed by atoms with Crippen LogP contribution >= 0.6 is 11.6 Å². The minimum Gasteiger partial charge on any atom is -0.474 e. The van der Waals surface area contributed by atoms with E-state index in [1.807, 2.05) is 4.90 Å². The van der Waals surface area contributed by atoms with Gasteiger partial charge in [0.25, 0.3) is 5.91 Å². The van der Waals surface area contributed by atoms with Gasteiger partial charge in [-0.1, -0.05) is 18.5 Å². The van der Waals surface area contributed by atoms with Crippen molar-refractivity contribution in [1.29, 1.82) is 0 Å². The van der Waals surface area contributed by atoms with Crippen molar-refractivity contribution in [3.8, 4) is 5.88 Å². The number of anilines is 1. The molecule has 1 fully saturated rings. The van der Waals surface area contributed by atoms with Crippen molar-refractivity contribution in [3.05, 3.63) is 53.2 Å². The van der Waals surface area contributed by atoms with Gasteiger partial charge in [-0.25, -0.2) is 4.98 Å². The second-order valence-corrected chi connectivity index (χ2v) is 6.84. The van der Waals surface area contributed by atoms with E-state index in [4.69, 9.17) is 16.3 Å². The topological polar surface area (TPSA) is 71.5 Å². The molecule has 2 aromatic rings. The third-order valence-electron chi connectivity index (χ3n) is 4.45. The summed E-state index contributed by atoms with van der Waals surface area (Å²) in [5, 5.41) is 3.37. The molecule has 142 valence electrons. The molecule has 1 saturated heterocycles. The fraction of sp³-hybridized carbons (Fsp3) is 0.350. The number of nitrogens with one attached hydrogen (secondary N) is 1. The first kappa shape index (κ1) is 19.2. The Hall–Kier alpha value is -2.60. The molecule has 0 aliphatic carbocycles. The molecule has 2 heterocycles. The maximum atomic E-state index is 12.5. The molecular formula is C20H22ClN3O3. The Morgan fingerprint density at radius 1 is 1.19 bits per heavy atom. The Morgan fingerprint density at radius 2 is 1.89 bits per heavy atom. The summed E-state index contributed by atoms with van der Waals surface area (Å²) in [5.41, 5.74) is 1.29. The van der Waals surface area contributed by atoms with E-state index >= 15 is 0 Å². The third-order valence-corrected chi connectivity index (χ3v) is 4.70. The summed E-state index contributed by atoms with van der Waals surface area (Å²) in [6.45, 7) is 3.07. The fourth-order valence-electron chi connectivity index (χ4n) is 2.90. The number of piperidine rings is 1. The Kier molecular flexibility index (Phi) is 6.29. The highest BCUT2D eigenvalue weighted by Gasteiger charge is 2.25. The summed E-state index contributed by atoms with van der Waals surface area (Å²) >= 11 is 5.87. The number of likely N-dealkylation sites (tertiary alicyclic amines) is 1. The van der Waals surface area contributed by atoms with Crippen molar-refractivity contribution in [2.45, 2.75) is 32.3 Å². The SMILES string of the molecule is CCC(=O)Nc1ccc(OC2CCN(C(=O)c3ccc(Cl)cc3)CC2)nc1. The van der Waals surface area contributed by atoms with Gasteiger partial charge in [0.15, 0.2) is 0 Å². The molecule has 0 radical (unpaired) electrons. The number of carbonyl (C=O) groups is 2. The molecule has 1 N–H and O–H groups in total. The van der Waals surface area contributed by atoms with Gasteiger partial charge in [-0.3, -0.25) is 9.59 Å². The highest BCUT2D eigenvalue weighted by Crippen LogP contribution is 2.20. The lowest BCUT2D eigenvalue weighted by Crippen LogP contribution is -2.41. The van der Waals surface area contributed by atoms with Crippen molar-refractivity contribution in [2.75, 3.05) is 18.4 Å². The summed E-state index contributed by atoms with van der Waals surface area (Å²) in [5.74, 6) is 0.481. The molecule has 6 nitrogen and oxygen atoms in total. The largest absolute Gasteiger partial charge is 0.474 e. The molecule has 1 aliphatic rings. The Bertz CT molecular complexity index is 785. The second kappa shape index (κ2) is 8.86. The minimum atomic E-state index is -0.0526. The number of hydrogen-bond donors (Lipinski definition) is 1. The molecule has 0 saturated carbocycles. The van der Waals surface area contributed by atoms with Crippen LogP contribution in [-0.4, -0.2) is 40.9 Å². The van der Waals surface area contributed by atoms with E-state index in [9.17, 15) is 9.59 Å². The van der Waals surface area contributed by atoms with E-state index in [1.165, 1.54) is 0 Å². The number of rotatable bonds is 5. The molecule has 1 aromatic heterocycles.